The van der Waals surface area contributed by atoms with Crippen molar-refractivity contribution in [3.8, 4) is 5.75 Å². The van der Waals surface area contributed by atoms with Crippen LogP contribution in [0.15, 0.2) is 29.6 Å². The first kappa shape index (κ1) is 16.7. The van der Waals surface area contributed by atoms with Gasteiger partial charge in [0.1, 0.15) is 12.4 Å². The number of benzene rings is 1. The van der Waals surface area contributed by atoms with Gasteiger partial charge in [0.25, 0.3) is 0 Å². The van der Waals surface area contributed by atoms with Gasteiger partial charge in [0, 0.05) is 5.56 Å². The Morgan fingerprint density at radius 2 is 2.17 bits per heavy atom. The van der Waals surface area contributed by atoms with Crippen LogP contribution in [0, 0.1) is 0 Å². The quantitative estimate of drug-likeness (QED) is 0.892. The second-order valence-electron chi connectivity index (χ2n) is 6.49. The molecule has 1 aliphatic rings. The van der Waals surface area contributed by atoms with E-state index in [9.17, 15) is 14.7 Å². The molecule has 0 bridgehead atoms. The van der Waals surface area contributed by atoms with Gasteiger partial charge in [-0.1, -0.05) is 6.07 Å². The Balaban J connectivity index is 1.83. The molecular weight excluding hydrogens is 326 g/mol. The number of fused-ring (bicyclic) bond motifs is 2. The zero-order valence-corrected chi connectivity index (χ0v) is 14.4. The fraction of sp³-hybridized carbons (Fsp3) is 0.333. The van der Waals surface area contributed by atoms with Gasteiger partial charge < -0.3 is 15.2 Å². The standard InChI is InChI=1S/C18H19NO4S/c1-18(2,10-20)19-15(21)8-11-3-4-14-13(7-11)16(22)17-12(9-23-14)5-6-24-17/h3-7,20H,8-10H2,1-2H3,(H,19,21). The van der Waals surface area contributed by atoms with Crippen molar-refractivity contribution in [2.45, 2.75) is 32.4 Å². The highest BCUT2D eigenvalue weighted by atomic mass is 32.1. The van der Waals surface area contributed by atoms with Gasteiger partial charge in [-0.15, -0.1) is 11.3 Å². The summed E-state index contributed by atoms with van der Waals surface area (Å²) in [5, 5.41) is 13.9. The van der Waals surface area contributed by atoms with Crippen LogP contribution in [0.1, 0.15) is 40.2 Å². The van der Waals surface area contributed by atoms with E-state index in [4.69, 9.17) is 4.74 Å². The Kier molecular flexibility index (Phi) is 4.43. The maximum atomic E-state index is 12.7. The number of carbonyl (C=O) groups excluding carboxylic acids is 2. The molecule has 126 valence electrons. The predicted molar refractivity (Wildman–Crippen MR) is 91.5 cm³/mol. The molecule has 6 heteroatoms. The molecule has 0 atom stereocenters. The van der Waals surface area contributed by atoms with Crippen molar-refractivity contribution in [1.29, 1.82) is 0 Å². The van der Waals surface area contributed by atoms with Gasteiger partial charge >= 0.3 is 0 Å². The van der Waals surface area contributed by atoms with Gasteiger partial charge in [-0.2, -0.15) is 0 Å². The van der Waals surface area contributed by atoms with E-state index in [1.165, 1.54) is 11.3 Å². The number of ether oxygens (including phenoxy) is 1. The molecule has 2 N–H and O–H groups in total. The summed E-state index contributed by atoms with van der Waals surface area (Å²) in [5.74, 6) is 0.279. The van der Waals surface area contributed by atoms with E-state index < -0.39 is 5.54 Å². The number of hydrogen-bond acceptors (Lipinski definition) is 5. The molecule has 5 nitrogen and oxygen atoms in total. The van der Waals surface area contributed by atoms with Crippen molar-refractivity contribution in [2.75, 3.05) is 6.61 Å². The normalized spacial score (nSPS) is 13.5. The summed E-state index contributed by atoms with van der Waals surface area (Å²) in [4.78, 5) is 25.5. The number of aliphatic hydroxyl groups is 1. The summed E-state index contributed by atoms with van der Waals surface area (Å²) in [6, 6.07) is 7.15. The highest BCUT2D eigenvalue weighted by molar-refractivity contribution is 7.12. The lowest BCUT2D eigenvalue weighted by Crippen LogP contribution is -2.46. The van der Waals surface area contributed by atoms with Crippen LogP contribution in [0.2, 0.25) is 0 Å². The lowest BCUT2D eigenvalue weighted by molar-refractivity contribution is -0.122. The summed E-state index contributed by atoms with van der Waals surface area (Å²) in [6.45, 7) is 3.73. The number of thiophene rings is 1. The van der Waals surface area contributed by atoms with E-state index in [2.05, 4.69) is 5.32 Å². The highest BCUT2D eigenvalue weighted by Crippen LogP contribution is 2.31. The molecule has 0 radical (unpaired) electrons. The van der Waals surface area contributed by atoms with E-state index in [0.717, 1.165) is 11.1 Å². The first-order chi connectivity index (χ1) is 11.4. The number of aliphatic hydroxyl groups excluding tert-OH is 1. The third-order valence-electron chi connectivity index (χ3n) is 3.86. The van der Waals surface area contributed by atoms with Gasteiger partial charge in [-0.25, -0.2) is 0 Å². The highest BCUT2D eigenvalue weighted by Gasteiger charge is 2.24. The Hall–Kier alpha value is -2.18. The minimum Gasteiger partial charge on any atom is -0.488 e. The largest absolute Gasteiger partial charge is 0.488 e. The van der Waals surface area contributed by atoms with Gasteiger partial charge in [0.15, 0.2) is 0 Å². The van der Waals surface area contributed by atoms with Crippen LogP contribution in [0.3, 0.4) is 0 Å². The summed E-state index contributed by atoms with van der Waals surface area (Å²) < 4.78 is 5.71. The van der Waals surface area contributed by atoms with Crippen LogP contribution in [0.4, 0.5) is 0 Å². The van der Waals surface area contributed by atoms with Crippen LogP contribution >= 0.6 is 11.3 Å². The topological polar surface area (TPSA) is 75.6 Å². The number of rotatable bonds is 4. The van der Waals surface area contributed by atoms with Gasteiger partial charge in [0.05, 0.1) is 29.0 Å². The van der Waals surface area contributed by atoms with Crippen molar-refractivity contribution in [1.82, 2.24) is 5.32 Å². The zero-order valence-electron chi connectivity index (χ0n) is 13.6. The van der Waals surface area contributed by atoms with Gasteiger partial charge in [-0.05, 0) is 43.0 Å². The minimum absolute atomic E-state index is 0.0644. The van der Waals surface area contributed by atoms with Crippen molar-refractivity contribution in [2.24, 2.45) is 0 Å². The smallest absolute Gasteiger partial charge is 0.224 e. The maximum Gasteiger partial charge on any atom is 0.224 e. The molecule has 1 amide bonds. The van der Waals surface area contributed by atoms with E-state index in [0.29, 0.717) is 22.8 Å². The molecule has 0 fully saturated rings. The van der Waals surface area contributed by atoms with E-state index in [1.54, 1.807) is 32.0 Å². The predicted octanol–water partition coefficient (Wildman–Crippen LogP) is 2.30. The number of nitrogens with one attached hydrogen (secondary N) is 1. The van der Waals surface area contributed by atoms with E-state index in [1.807, 2.05) is 11.4 Å². The Bertz CT molecular complexity index is 794. The maximum absolute atomic E-state index is 12.7. The number of amides is 1. The molecule has 0 saturated heterocycles. The fourth-order valence-corrected chi connectivity index (χ4v) is 3.43. The van der Waals surface area contributed by atoms with Gasteiger partial charge in [0.2, 0.25) is 11.7 Å². The van der Waals surface area contributed by atoms with Gasteiger partial charge in [-0.3, -0.25) is 9.59 Å². The Morgan fingerprint density at radius 1 is 1.38 bits per heavy atom. The second kappa shape index (κ2) is 6.37. The zero-order chi connectivity index (χ0) is 17.3. The summed E-state index contributed by atoms with van der Waals surface area (Å²) in [7, 11) is 0. The molecule has 2 aromatic rings. The van der Waals surface area contributed by atoms with Crippen molar-refractivity contribution < 1.29 is 19.4 Å². The second-order valence-corrected chi connectivity index (χ2v) is 7.41. The molecule has 0 spiro atoms. The summed E-state index contributed by atoms with van der Waals surface area (Å²) in [5.41, 5.74) is 1.44. The van der Waals surface area contributed by atoms with Crippen LogP contribution in [-0.2, 0) is 17.8 Å². The molecule has 0 unspecified atom stereocenters. The Morgan fingerprint density at radius 3 is 2.92 bits per heavy atom. The lowest BCUT2D eigenvalue weighted by Gasteiger charge is -2.23. The van der Waals surface area contributed by atoms with Crippen LogP contribution in [-0.4, -0.2) is 28.9 Å². The SMILES string of the molecule is CC(C)(CO)NC(=O)Cc1ccc2c(c1)C(=O)c1sccc1CO2. The number of hydrogen-bond donors (Lipinski definition) is 2. The molecule has 1 aromatic heterocycles. The molecular formula is C18H19NO4S. The first-order valence-electron chi connectivity index (χ1n) is 7.68. The molecule has 24 heavy (non-hydrogen) atoms. The summed E-state index contributed by atoms with van der Waals surface area (Å²) in [6.07, 6.45) is 0.140. The number of ketones is 1. The fourth-order valence-electron chi connectivity index (χ4n) is 2.56. The molecule has 1 aliphatic heterocycles. The number of carbonyl (C=O) groups is 2. The molecule has 0 aliphatic carbocycles. The average Bonchev–Trinajstić information content (AvgIpc) is 2.96. The molecule has 1 aromatic carbocycles. The van der Waals surface area contributed by atoms with Crippen molar-refractivity contribution >= 4 is 23.0 Å². The van der Waals surface area contributed by atoms with Crippen molar-refractivity contribution in [3.05, 3.63) is 51.2 Å². The van der Waals surface area contributed by atoms with E-state index >= 15 is 0 Å². The minimum atomic E-state index is -0.673. The molecule has 2 heterocycles. The molecule has 0 saturated carbocycles. The van der Waals surface area contributed by atoms with Crippen LogP contribution in [0.25, 0.3) is 0 Å². The first-order valence-corrected chi connectivity index (χ1v) is 8.56. The lowest BCUT2D eigenvalue weighted by atomic mass is 10.0. The van der Waals surface area contributed by atoms with Crippen molar-refractivity contribution in [3.63, 3.8) is 0 Å². The van der Waals surface area contributed by atoms with Crippen LogP contribution < -0.4 is 10.1 Å². The third kappa shape index (κ3) is 3.34. The third-order valence-corrected chi connectivity index (χ3v) is 4.82. The van der Waals surface area contributed by atoms with E-state index in [-0.39, 0.29) is 24.7 Å². The molecule has 3 rings (SSSR count). The Labute approximate surface area is 144 Å². The van der Waals surface area contributed by atoms with Crippen LogP contribution in [0.5, 0.6) is 5.75 Å². The summed E-state index contributed by atoms with van der Waals surface area (Å²) >= 11 is 1.40. The monoisotopic (exact) mass is 345 g/mol. The average molecular weight is 345 g/mol.